The van der Waals surface area contributed by atoms with Crippen molar-refractivity contribution in [3.63, 3.8) is 0 Å². The van der Waals surface area contributed by atoms with Crippen molar-refractivity contribution in [2.24, 2.45) is 0 Å². The van der Waals surface area contributed by atoms with Gasteiger partial charge in [0.05, 0.1) is 0 Å². The summed E-state index contributed by atoms with van der Waals surface area (Å²) in [6, 6.07) is 5.34. The quantitative estimate of drug-likeness (QED) is 0.562. The lowest BCUT2D eigenvalue weighted by molar-refractivity contribution is 0.0973. The summed E-state index contributed by atoms with van der Waals surface area (Å²) in [5.41, 5.74) is 3.72. The molecule has 0 saturated heterocycles. The molecule has 16 heavy (non-hydrogen) atoms. The Kier molecular flexibility index (Phi) is 2.37. The zero-order valence-corrected chi connectivity index (χ0v) is 9.09. The van der Waals surface area contributed by atoms with Crippen molar-refractivity contribution in [1.29, 1.82) is 5.26 Å². The summed E-state index contributed by atoms with van der Waals surface area (Å²) in [5, 5.41) is 11.5. The van der Waals surface area contributed by atoms with E-state index in [0.717, 1.165) is 22.2 Å². The van der Waals surface area contributed by atoms with E-state index in [4.69, 9.17) is 5.26 Å². The van der Waals surface area contributed by atoms with E-state index in [-0.39, 0.29) is 5.91 Å². The molecular formula is C12H11N3O. The molecule has 1 aromatic carbocycles. The Morgan fingerprint density at radius 3 is 2.88 bits per heavy atom. The maximum atomic E-state index is 11.5. The lowest BCUT2D eigenvalue weighted by atomic mass is 10.1. The number of aryl methyl sites for hydroxylation is 2. The first-order valence-corrected chi connectivity index (χ1v) is 4.92. The molecule has 4 nitrogen and oxygen atoms in total. The van der Waals surface area contributed by atoms with Gasteiger partial charge >= 0.3 is 0 Å². The number of amides is 1. The van der Waals surface area contributed by atoms with Crippen LogP contribution in [0.1, 0.15) is 21.6 Å². The van der Waals surface area contributed by atoms with Crippen molar-refractivity contribution in [2.45, 2.75) is 13.8 Å². The molecule has 0 fully saturated rings. The summed E-state index contributed by atoms with van der Waals surface area (Å²) in [4.78, 5) is 14.7. The largest absolute Gasteiger partial charge is 0.358 e. The van der Waals surface area contributed by atoms with Gasteiger partial charge in [-0.05, 0) is 37.6 Å². The van der Waals surface area contributed by atoms with Crippen molar-refractivity contribution in [3.8, 4) is 6.19 Å². The van der Waals surface area contributed by atoms with Crippen molar-refractivity contribution in [2.75, 3.05) is 0 Å². The number of carbonyl (C=O) groups is 1. The van der Waals surface area contributed by atoms with Gasteiger partial charge < -0.3 is 4.98 Å². The molecule has 0 aliphatic rings. The number of benzene rings is 1. The number of hydrogen-bond acceptors (Lipinski definition) is 2. The Labute approximate surface area is 92.9 Å². The van der Waals surface area contributed by atoms with Crippen LogP contribution in [0.5, 0.6) is 0 Å². The predicted molar refractivity (Wildman–Crippen MR) is 60.9 cm³/mol. The van der Waals surface area contributed by atoms with Crippen LogP contribution in [0, 0.1) is 25.3 Å². The maximum absolute atomic E-state index is 11.5. The molecule has 1 aromatic heterocycles. The van der Waals surface area contributed by atoms with Crippen LogP contribution in [0.15, 0.2) is 18.2 Å². The Hall–Kier alpha value is -2.28. The van der Waals surface area contributed by atoms with Gasteiger partial charge in [0.2, 0.25) is 0 Å². The number of rotatable bonds is 1. The standard InChI is InChI=1S/C12H11N3O/c1-7-8(2)15-11-4-3-9(5-10(7)11)12(16)14-6-13/h3-5,15H,1-2H3,(H,14,16). The zero-order valence-electron chi connectivity index (χ0n) is 9.09. The maximum Gasteiger partial charge on any atom is 0.264 e. The molecule has 4 heteroatoms. The number of nitrogens with one attached hydrogen (secondary N) is 2. The molecule has 2 rings (SSSR count). The number of nitrogens with zero attached hydrogens (tertiary/aromatic N) is 1. The first-order valence-electron chi connectivity index (χ1n) is 4.92. The summed E-state index contributed by atoms with van der Waals surface area (Å²) >= 11 is 0. The van der Waals surface area contributed by atoms with E-state index < -0.39 is 0 Å². The second kappa shape index (κ2) is 3.70. The number of hydrogen-bond donors (Lipinski definition) is 2. The molecule has 2 aromatic rings. The highest BCUT2D eigenvalue weighted by Crippen LogP contribution is 2.22. The second-order valence-corrected chi connectivity index (χ2v) is 3.70. The minimum Gasteiger partial charge on any atom is -0.358 e. The SMILES string of the molecule is Cc1[nH]c2ccc(C(=O)NC#N)cc2c1C. The highest BCUT2D eigenvalue weighted by Gasteiger charge is 2.09. The zero-order chi connectivity index (χ0) is 11.7. The van der Waals surface area contributed by atoms with E-state index in [9.17, 15) is 4.79 Å². The average molecular weight is 213 g/mol. The molecule has 0 radical (unpaired) electrons. The molecule has 2 N–H and O–H groups in total. The molecule has 0 aliphatic heterocycles. The van der Waals surface area contributed by atoms with Gasteiger partial charge in [0, 0.05) is 22.2 Å². The van der Waals surface area contributed by atoms with E-state index in [1.165, 1.54) is 0 Å². The summed E-state index contributed by atoms with van der Waals surface area (Å²) in [7, 11) is 0. The summed E-state index contributed by atoms with van der Waals surface area (Å²) in [6.07, 6.45) is 1.63. The van der Waals surface area contributed by atoms with Crippen LogP contribution in [0.4, 0.5) is 0 Å². The second-order valence-electron chi connectivity index (χ2n) is 3.70. The summed E-state index contributed by atoms with van der Waals surface area (Å²) in [5.74, 6) is -0.373. The van der Waals surface area contributed by atoms with Gasteiger partial charge in [0.25, 0.3) is 5.91 Å². The Balaban J connectivity index is 2.56. The van der Waals surface area contributed by atoms with Gasteiger partial charge in [-0.3, -0.25) is 10.1 Å². The fourth-order valence-corrected chi connectivity index (χ4v) is 1.73. The van der Waals surface area contributed by atoms with Crippen molar-refractivity contribution < 1.29 is 4.79 Å². The number of aromatic amines is 1. The van der Waals surface area contributed by atoms with Gasteiger partial charge in [-0.25, -0.2) is 0 Å². The van der Waals surface area contributed by atoms with E-state index in [2.05, 4.69) is 10.3 Å². The van der Waals surface area contributed by atoms with E-state index >= 15 is 0 Å². The fourth-order valence-electron chi connectivity index (χ4n) is 1.73. The van der Waals surface area contributed by atoms with Crippen LogP contribution in [-0.4, -0.2) is 10.9 Å². The highest BCUT2D eigenvalue weighted by atomic mass is 16.1. The highest BCUT2D eigenvalue weighted by molar-refractivity contribution is 5.99. The molecule has 0 bridgehead atoms. The van der Waals surface area contributed by atoms with Crippen LogP contribution in [0.2, 0.25) is 0 Å². The van der Waals surface area contributed by atoms with Gasteiger partial charge in [-0.2, -0.15) is 5.26 Å². The number of fused-ring (bicyclic) bond motifs is 1. The molecule has 0 spiro atoms. The molecule has 80 valence electrons. The predicted octanol–water partition coefficient (Wildman–Crippen LogP) is 2.00. The van der Waals surface area contributed by atoms with Gasteiger partial charge in [-0.1, -0.05) is 0 Å². The lowest BCUT2D eigenvalue weighted by Gasteiger charge is -1.98. The lowest BCUT2D eigenvalue weighted by Crippen LogP contribution is -2.16. The molecular weight excluding hydrogens is 202 g/mol. The summed E-state index contributed by atoms with van der Waals surface area (Å²) in [6.45, 7) is 3.99. The third kappa shape index (κ3) is 1.52. The van der Waals surface area contributed by atoms with Crippen molar-refractivity contribution in [3.05, 3.63) is 35.0 Å². The molecule has 0 aliphatic carbocycles. The Morgan fingerprint density at radius 2 is 2.19 bits per heavy atom. The molecule has 0 unspecified atom stereocenters. The fraction of sp³-hybridized carbons (Fsp3) is 0.167. The molecule has 1 amide bonds. The molecule has 0 atom stereocenters. The first-order chi connectivity index (χ1) is 7.63. The number of nitriles is 1. The summed E-state index contributed by atoms with van der Waals surface area (Å²) < 4.78 is 0. The monoisotopic (exact) mass is 213 g/mol. The first kappa shape index (κ1) is 10.2. The van der Waals surface area contributed by atoms with Crippen molar-refractivity contribution in [1.82, 2.24) is 10.3 Å². The Bertz CT molecular complexity index is 604. The third-order valence-electron chi connectivity index (χ3n) is 2.74. The van der Waals surface area contributed by atoms with E-state index in [1.807, 2.05) is 19.9 Å². The van der Waals surface area contributed by atoms with Gasteiger partial charge in [0.1, 0.15) is 0 Å². The average Bonchev–Trinajstić information content (AvgIpc) is 2.55. The Morgan fingerprint density at radius 1 is 1.44 bits per heavy atom. The van der Waals surface area contributed by atoms with Gasteiger partial charge in [0.15, 0.2) is 6.19 Å². The minimum atomic E-state index is -0.373. The van der Waals surface area contributed by atoms with Crippen molar-refractivity contribution >= 4 is 16.8 Å². The minimum absolute atomic E-state index is 0.373. The van der Waals surface area contributed by atoms with Gasteiger partial charge in [-0.15, -0.1) is 0 Å². The third-order valence-corrected chi connectivity index (χ3v) is 2.74. The number of carbonyl (C=O) groups excluding carboxylic acids is 1. The topological polar surface area (TPSA) is 68.7 Å². The number of aromatic nitrogens is 1. The smallest absolute Gasteiger partial charge is 0.264 e. The van der Waals surface area contributed by atoms with Crippen LogP contribution in [0.3, 0.4) is 0 Å². The van der Waals surface area contributed by atoms with Crippen LogP contribution in [-0.2, 0) is 0 Å². The number of H-pyrrole nitrogens is 1. The van der Waals surface area contributed by atoms with Crippen LogP contribution in [0.25, 0.3) is 10.9 Å². The van der Waals surface area contributed by atoms with E-state index in [1.54, 1.807) is 18.3 Å². The normalized spacial score (nSPS) is 10.1. The van der Waals surface area contributed by atoms with Crippen LogP contribution >= 0.6 is 0 Å². The van der Waals surface area contributed by atoms with Crippen LogP contribution < -0.4 is 5.32 Å². The molecule has 1 heterocycles. The van der Waals surface area contributed by atoms with E-state index in [0.29, 0.717) is 5.56 Å². The molecule has 0 saturated carbocycles.